The Labute approximate surface area is 80.7 Å². The van der Waals surface area contributed by atoms with E-state index in [2.05, 4.69) is 0 Å². The molecule has 14 heavy (non-hydrogen) atoms. The van der Waals surface area contributed by atoms with Crippen LogP contribution in [-0.2, 0) is 6.18 Å². The molecule has 0 amide bonds. The molecule has 1 aromatic carbocycles. The van der Waals surface area contributed by atoms with Crippen LogP contribution in [0.25, 0.3) is 0 Å². The van der Waals surface area contributed by atoms with E-state index in [9.17, 15) is 13.2 Å². The normalized spacial score (nSPS) is 14.1. The standard InChI is InChI=1S/C10H12F3N/c1-6-3-8(7(2)14)5-9(4-6)10(11,12)13/h3-5,7H,14H2,1-2H3. The zero-order chi connectivity index (χ0) is 10.9. The van der Waals surface area contributed by atoms with Gasteiger partial charge in [-0.25, -0.2) is 0 Å². The second-order valence-corrected chi connectivity index (χ2v) is 3.42. The molecular formula is C10H12F3N. The Morgan fingerprint density at radius 2 is 1.79 bits per heavy atom. The van der Waals surface area contributed by atoms with Gasteiger partial charge in [-0.3, -0.25) is 0 Å². The quantitative estimate of drug-likeness (QED) is 0.745. The molecule has 0 radical (unpaired) electrons. The van der Waals surface area contributed by atoms with Crippen LogP contribution in [0.4, 0.5) is 13.2 Å². The van der Waals surface area contributed by atoms with Crippen LogP contribution in [0.1, 0.15) is 29.7 Å². The average molecular weight is 203 g/mol. The number of hydrogen-bond donors (Lipinski definition) is 1. The lowest BCUT2D eigenvalue weighted by molar-refractivity contribution is -0.137. The van der Waals surface area contributed by atoms with Gasteiger partial charge in [-0.1, -0.05) is 11.6 Å². The molecule has 0 heterocycles. The largest absolute Gasteiger partial charge is 0.416 e. The van der Waals surface area contributed by atoms with E-state index in [1.54, 1.807) is 19.9 Å². The Balaban J connectivity index is 3.21. The maximum atomic E-state index is 12.4. The molecule has 1 nitrogen and oxygen atoms in total. The van der Waals surface area contributed by atoms with Gasteiger partial charge in [0.15, 0.2) is 0 Å². The van der Waals surface area contributed by atoms with Crippen molar-refractivity contribution in [2.45, 2.75) is 26.1 Å². The monoisotopic (exact) mass is 203 g/mol. The zero-order valence-electron chi connectivity index (χ0n) is 8.02. The van der Waals surface area contributed by atoms with Crippen molar-refractivity contribution in [3.05, 3.63) is 34.9 Å². The van der Waals surface area contributed by atoms with Gasteiger partial charge in [-0.05, 0) is 31.5 Å². The van der Waals surface area contributed by atoms with Crippen LogP contribution in [0.5, 0.6) is 0 Å². The first-order chi connectivity index (χ1) is 6.30. The summed E-state index contributed by atoms with van der Waals surface area (Å²) in [6.07, 6.45) is -4.30. The minimum atomic E-state index is -4.30. The van der Waals surface area contributed by atoms with Gasteiger partial charge in [0.1, 0.15) is 0 Å². The van der Waals surface area contributed by atoms with Crippen molar-refractivity contribution in [2.24, 2.45) is 5.73 Å². The number of rotatable bonds is 1. The molecule has 0 saturated heterocycles. The Kier molecular flexibility index (Phi) is 2.85. The van der Waals surface area contributed by atoms with Gasteiger partial charge >= 0.3 is 6.18 Å². The SMILES string of the molecule is Cc1cc(C(C)N)cc(C(F)(F)F)c1. The third kappa shape index (κ3) is 2.48. The number of aryl methyl sites for hydroxylation is 1. The van der Waals surface area contributed by atoms with E-state index in [4.69, 9.17) is 5.73 Å². The van der Waals surface area contributed by atoms with Crippen molar-refractivity contribution in [3.8, 4) is 0 Å². The number of nitrogens with two attached hydrogens (primary N) is 1. The molecule has 4 heteroatoms. The highest BCUT2D eigenvalue weighted by atomic mass is 19.4. The lowest BCUT2D eigenvalue weighted by Crippen LogP contribution is -2.10. The highest BCUT2D eigenvalue weighted by Crippen LogP contribution is 2.31. The Morgan fingerprint density at radius 3 is 2.21 bits per heavy atom. The third-order valence-electron chi connectivity index (χ3n) is 1.95. The summed E-state index contributed by atoms with van der Waals surface area (Å²) in [6, 6.07) is 3.50. The van der Waals surface area contributed by atoms with Crippen LogP contribution in [0.2, 0.25) is 0 Å². The first kappa shape index (κ1) is 11.0. The van der Waals surface area contributed by atoms with E-state index < -0.39 is 11.7 Å². The van der Waals surface area contributed by atoms with Crippen LogP contribution in [0, 0.1) is 6.92 Å². The third-order valence-corrected chi connectivity index (χ3v) is 1.95. The van der Waals surface area contributed by atoms with Crippen molar-refractivity contribution in [3.63, 3.8) is 0 Å². The smallest absolute Gasteiger partial charge is 0.324 e. The van der Waals surface area contributed by atoms with E-state index in [0.29, 0.717) is 11.1 Å². The molecule has 1 aromatic rings. The summed E-state index contributed by atoms with van der Waals surface area (Å²) in [6.45, 7) is 3.29. The highest BCUT2D eigenvalue weighted by molar-refractivity contribution is 5.32. The van der Waals surface area contributed by atoms with Gasteiger partial charge in [0.2, 0.25) is 0 Å². The van der Waals surface area contributed by atoms with E-state index in [0.717, 1.165) is 12.1 Å². The molecule has 1 unspecified atom stereocenters. The maximum absolute atomic E-state index is 12.4. The van der Waals surface area contributed by atoms with E-state index in [1.807, 2.05) is 0 Å². The van der Waals surface area contributed by atoms with Crippen molar-refractivity contribution in [1.29, 1.82) is 0 Å². The summed E-state index contributed by atoms with van der Waals surface area (Å²) in [5, 5.41) is 0. The van der Waals surface area contributed by atoms with Crippen LogP contribution in [0.3, 0.4) is 0 Å². The summed E-state index contributed by atoms with van der Waals surface area (Å²) >= 11 is 0. The molecule has 0 aromatic heterocycles. The van der Waals surface area contributed by atoms with Crippen molar-refractivity contribution >= 4 is 0 Å². The van der Waals surface area contributed by atoms with Crippen molar-refractivity contribution in [2.75, 3.05) is 0 Å². The predicted molar refractivity (Wildman–Crippen MR) is 48.8 cm³/mol. The summed E-state index contributed by atoms with van der Waals surface area (Å²) in [5.41, 5.74) is 5.98. The van der Waals surface area contributed by atoms with Gasteiger partial charge < -0.3 is 5.73 Å². The molecule has 0 saturated carbocycles. The Hall–Kier alpha value is -1.03. The molecule has 0 spiro atoms. The minimum Gasteiger partial charge on any atom is -0.324 e. The maximum Gasteiger partial charge on any atom is 0.416 e. The summed E-state index contributed by atoms with van der Waals surface area (Å²) < 4.78 is 37.1. The topological polar surface area (TPSA) is 26.0 Å². The van der Waals surface area contributed by atoms with Crippen molar-refractivity contribution < 1.29 is 13.2 Å². The van der Waals surface area contributed by atoms with Gasteiger partial charge in [0.25, 0.3) is 0 Å². The summed E-state index contributed by atoms with van der Waals surface area (Å²) in [5.74, 6) is 0. The molecule has 1 atom stereocenters. The summed E-state index contributed by atoms with van der Waals surface area (Å²) in [4.78, 5) is 0. The molecule has 0 bridgehead atoms. The first-order valence-electron chi connectivity index (χ1n) is 4.25. The van der Waals surface area contributed by atoms with Crippen LogP contribution in [-0.4, -0.2) is 0 Å². The van der Waals surface area contributed by atoms with Crippen LogP contribution in [0.15, 0.2) is 18.2 Å². The second-order valence-electron chi connectivity index (χ2n) is 3.42. The van der Waals surface area contributed by atoms with E-state index in [-0.39, 0.29) is 6.04 Å². The fourth-order valence-corrected chi connectivity index (χ4v) is 1.24. The lowest BCUT2D eigenvalue weighted by atomic mass is 10.0. The molecule has 1 rings (SSSR count). The first-order valence-corrected chi connectivity index (χ1v) is 4.25. The van der Waals surface area contributed by atoms with Gasteiger partial charge in [0.05, 0.1) is 5.56 Å². The lowest BCUT2D eigenvalue weighted by Gasteiger charge is -2.12. The molecule has 2 N–H and O–H groups in total. The van der Waals surface area contributed by atoms with Crippen LogP contribution >= 0.6 is 0 Å². The van der Waals surface area contributed by atoms with Gasteiger partial charge in [-0.2, -0.15) is 13.2 Å². The van der Waals surface area contributed by atoms with Crippen LogP contribution < -0.4 is 5.73 Å². The number of benzene rings is 1. The predicted octanol–water partition coefficient (Wildman–Crippen LogP) is 3.03. The number of halogens is 3. The van der Waals surface area contributed by atoms with Crippen molar-refractivity contribution in [1.82, 2.24) is 0 Å². The molecule has 0 aliphatic heterocycles. The minimum absolute atomic E-state index is 0.379. The highest BCUT2D eigenvalue weighted by Gasteiger charge is 2.30. The molecule has 0 fully saturated rings. The zero-order valence-corrected chi connectivity index (χ0v) is 8.02. The summed E-state index contributed by atoms with van der Waals surface area (Å²) in [7, 11) is 0. The average Bonchev–Trinajstić information content (AvgIpc) is 2.01. The fraction of sp³-hybridized carbons (Fsp3) is 0.400. The number of hydrogen-bond acceptors (Lipinski definition) is 1. The van der Waals surface area contributed by atoms with E-state index >= 15 is 0 Å². The number of alkyl halides is 3. The van der Waals surface area contributed by atoms with Gasteiger partial charge in [0, 0.05) is 6.04 Å². The molecule has 0 aliphatic carbocycles. The molecule has 78 valence electrons. The second kappa shape index (κ2) is 3.61. The Bertz CT molecular complexity index is 329. The fourth-order valence-electron chi connectivity index (χ4n) is 1.24. The molecule has 0 aliphatic rings. The Morgan fingerprint density at radius 1 is 1.21 bits per heavy atom. The van der Waals surface area contributed by atoms with Gasteiger partial charge in [-0.15, -0.1) is 0 Å². The molecular weight excluding hydrogens is 191 g/mol. The van der Waals surface area contributed by atoms with E-state index in [1.165, 1.54) is 0 Å².